The Labute approximate surface area is 116 Å². The Morgan fingerprint density at radius 3 is 2.55 bits per heavy atom. The molecule has 1 aromatic rings. The third kappa shape index (κ3) is 3.99. The first kappa shape index (κ1) is 16.5. The fourth-order valence-electron chi connectivity index (χ4n) is 1.65. The molecule has 6 nitrogen and oxygen atoms in total. The predicted octanol–water partition coefficient (Wildman–Crippen LogP) is 1.23. The number of benzene rings is 1. The SMILES string of the molecule is COCC(C)(C)NS(=O)(=O)c1cc(C(=O)O)ccc1F. The molecule has 0 saturated heterocycles. The molecule has 20 heavy (non-hydrogen) atoms. The Hall–Kier alpha value is -1.51. The minimum Gasteiger partial charge on any atom is -0.478 e. The van der Waals surface area contributed by atoms with Crippen molar-refractivity contribution in [1.82, 2.24) is 4.72 Å². The van der Waals surface area contributed by atoms with Crippen molar-refractivity contribution in [1.29, 1.82) is 0 Å². The van der Waals surface area contributed by atoms with Gasteiger partial charge in [-0.05, 0) is 32.0 Å². The summed E-state index contributed by atoms with van der Waals surface area (Å²) in [6, 6.07) is 2.58. The van der Waals surface area contributed by atoms with Crippen molar-refractivity contribution in [2.24, 2.45) is 0 Å². The molecule has 0 aromatic heterocycles. The smallest absolute Gasteiger partial charge is 0.335 e. The molecule has 0 bridgehead atoms. The van der Waals surface area contributed by atoms with Crippen molar-refractivity contribution >= 4 is 16.0 Å². The number of carboxylic acid groups (broad SMARTS) is 1. The molecular formula is C12H16FNO5S. The van der Waals surface area contributed by atoms with Crippen LogP contribution in [0.5, 0.6) is 0 Å². The Morgan fingerprint density at radius 2 is 2.05 bits per heavy atom. The number of carboxylic acids is 1. The van der Waals surface area contributed by atoms with E-state index in [0.717, 1.165) is 18.2 Å². The van der Waals surface area contributed by atoms with E-state index >= 15 is 0 Å². The topological polar surface area (TPSA) is 92.7 Å². The molecule has 0 aliphatic rings. The fourth-order valence-corrected chi connectivity index (χ4v) is 3.15. The molecule has 0 aliphatic heterocycles. The first-order valence-electron chi connectivity index (χ1n) is 5.65. The van der Waals surface area contributed by atoms with Crippen LogP contribution in [0.1, 0.15) is 24.2 Å². The fraction of sp³-hybridized carbons (Fsp3) is 0.417. The lowest BCUT2D eigenvalue weighted by atomic mass is 10.1. The third-order valence-electron chi connectivity index (χ3n) is 2.38. The molecule has 0 amide bonds. The molecule has 1 aromatic carbocycles. The summed E-state index contributed by atoms with van der Waals surface area (Å²) in [6.07, 6.45) is 0. The highest BCUT2D eigenvalue weighted by atomic mass is 32.2. The molecule has 0 unspecified atom stereocenters. The maximum atomic E-state index is 13.6. The zero-order valence-electron chi connectivity index (χ0n) is 11.3. The van der Waals surface area contributed by atoms with E-state index in [1.165, 1.54) is 7.11 Å². The van der Waals surface area contributed by atoms with Crippen molar-refractivity contribution in [3.8, 4) is 0 Å². The van der Waals surface area contributed by atoms with E-state index in [9.17, 15) is 17.6 Å². The van der Waals surface area contributed by atoms with Crippen LogP contribution in [-0.2, 0) is 14.8 Å². The van der Waals surface area contributed by atoms with Gasteiger partial charge in [-0.3, -0.25) is 0 Å². The predicted molar refractivity (Wildman–Crippen MR) is 69.6 cm³/mol. The molecule has 0 spiro atoms. The largest absolute Gasteiger partial charge is 0.478 e. The Bertz CT molecular complexity index is 612. The van der Waals surface area contributed by atoms with E-state index in [2.05, 4.69) is 4.72 Å². The lowest BCUT2D eigenvalue weighted by Gasteiger charge is -2.25. The Kier molecular flexibility index (Phi) is 4.85. The molecule has 0 aliphatic carbocycles. The number of carbonyl (C=O) groups is 1. The van der Waals surface area contributed by atoms with E-state index in [-0.39, 0.29) is 12.2 Å². The summed E-state index contributed by atoms with van der Waals surface area (Å²) >= 11 is 0. The third-order valence-corrected chi connectivity index (χ3v) is 4.10. The van der Waals surface area contributed by atoms with Crippen molar-refractivity contribution in [3.63, 3.8) is 0 Å². The number of nitrogens with one attached hydrogen (secondary N) is 1. The van der Waals surface area contributed by atoms with Crippen molar-refractivity contribution in [2.45, 2.75) is 24.3 Å². The second kappa shape index (κ2) is 5.86. The number of rotatable bonds is 6. The molecular weight excluding hydrogens is 289 g/mol. The molecule has 1 rings (SSSR count). The second-order valence-electron chi connectivity index (χ2n) is 4.87. The van der Waals surface area contributed by atoms with Gasteiger partial charge in [0.1, 0.15) is 10.7 Å². The van der Waals surface area contributed by atoms with Crippen molar-refractivity contribution in [2.75, 3.05) is 13.7 Å². The zero-order chi connectivity index (χ0) is 15.6. The van der Waals surface area contributed by atoms with E-state index in [1.54, 1.807) is 13.8 Å². The standard InChI is InChI=1S/C12H16FNO5S/c1-12(2,7-19-3)14-20(17,18)10-6-8(11(15)16)4-5-9(10)13/h4-6,14H,7H2,1-3H3,(H,15,16). The number of sulfonamides is 1. The van der Waals surface area contributed by atoms with Gasteiger partial charge >= 0.3 is 5.97 Å². The number of methoxy groups -OCH3 is 1. The summed E-state index contributed by atoms with van der Waals surface area (Å²) in [5.41, 5.74) is -1.27. The van der Waals surface area contributed by atoms with E-state index < -0.39 is 32.2 Å². The number of halogens is 1. The Morgan fingerprint density at radius 1 is 1.45 bits per heavy atom. The highest BCUT2D eigenvalue weighted by Gasteiger charge is 2.29. The molecule has 0 radical (unpaired) electrons. The van der Waals surface area contributed by atoms with Gasteiger partial charge in [0.2, 0.25) is 10.0 Å². The number of hydrogen-bond acceptors (Lipinski definition) is 4. The Balaban J connectivity index is 3.22. The summed E-state index contributed by atoms with van der Waals surface area (Å²) in [6.45, 7) is 3.20. The number of ether oxygens (including phenoxy) is 1. The molecule has 112 valence electrons. The van der Waals surface area contributed by atoms with Gasteiger partial charge in [-0.2, -0.15) is 0 Å². The van der Waals surface area contributed by atoms with Crippen LogP contribution >= 0.6 is 0 Å². The van der Waals surface area contributed by atoms with Gasteiger partial charge in [0.05, 0.1) is 17.7 Å². The van der Waals surface area contributed by atoms with Crippen LogP contribution in [0.25, 0.3) is 0 Å². The van der Waals surface area contributed by atoms with Crippen LogP contribution in [0.15, 0.2) is 23.1 Å². The minimum absolute atomic E-state index is 0.0759. The summed E-state index contributed by atoms with van der Waals surface area (Å²) in [4.78, 5) is 10.1. The zero-order valence-corrected chi connectivity index (χ0v) is 12.1. The number of aromatic carboxylic acids is 1. The lowest BCUT2D eigenvalue weighted by Crippen LogP contribution is -2.46. The first-order chi connectivity index (χ1) is 9.09. The van der Waals surface area contributed by atoms with Crippen molar-refractivity contribution in [3.05, 3.63) is 29.6 Å². The van der Waals surface area contributed by atoms with Crippen LogP contribution in [0.3, 0.4) is 0 Å². The second-order valence-corrected chi connectivity index (χ2v) is 6.52. The van der Waals surface area contributed by atoms with Gasteiger partial charge in [-0.1, -0.05) is 0 Å². The van der Waals surface area contributed by atoms with Gasteiger partial charge in [0.15, 0.2) is 0 Å². The van der Waals surface area contributed by atoms with E-state index in [1.807, 2.05) is 0 Å². The molecule has 2 N–H and O–H groups in total. The number of hydrogen-bond donors (Lipinski definition) is 2. The summed E-state index contributed by atoms with van der Waals surface area (Å²) in [7, 11) is -2.79. The lowest BCUT2D eigenvalue weighted by molar-refractivity contribution is 0.0696. The first-order valence-corrected chi connectivity index (χ1v) is 7.13. The van der Waals surface area contributed by atoms with Crippen LogP contribution in [0.4, 0.5) is 4.39 Å². The van der Waals surface area contributed by atoms with Gasteiger partial charge in [-0.15, -0.1) is 0 Å². The van der Waals surface area contributed by atoms with Gasteiger partial charge in [0, 0.05) is 7.11 Å². The molecule has 0 saturated carbocycles. The van der Waals surface area contributed by atoms with Gasteiger partial charge in [0.25, 0.3) is 0 Å². The summed E-state index contributed by atoms with van der Waals surface area (Å²) in [5, 5.41) is 8.83. The molecule has 0 atom stereocenters. The molecule has 8 heteroatoms. The van der Waals surface area contributed by atoms with Crippen LogP contribution in [-0.4, -0.2) is 38.7 Å². The summed E-state index contributed by atoms with van der Waals surface area (Å²) in [5.74, 6) is -2.35. The van der Waals surface area contributed by atoms with Crippen LogP contribution < -0.4 is 4.72 Å². The highest BCUT2D eigenvalue weighted by Crippen LogP contribution is 2.19. The average Bonchev–Trinajstić information content (AvgIpc) is 2.26. The molecule has 0 fully saturated rings. The maximum absolute atomic E-state index is 13.6. The molecule has 0 heterocycles. The quantitative estimate of drug-likeness (QED) is 0.824. The van der Waals surface area contributed by atoms with Gasteiger partial charge in [-0.25, -0.2) is 22.3 Å². The maximum Gasteiger partial charge on any atom is 0.335 e. The summed E-state index contributed by atoms with van der Waals surface area (Å²) < 4.78 is 45.0. The van der Waals surface area contributed by atoms with E-state index in [0.29, 0.717) is 0 Å². The highest BCUT2D eigenvalue weighted by molar-refractivity contribution is 7.89. The minimum atomic E-state index is -4.20. The van der Waals surface area contributed by atoms with E-state index in [4.69, 9.17) is 9.84 Å². The monoisotopic (exact) mass is 305 g/mol. The van der Waals surface area contributed by atoms with Crippen LogP contribution in [0.2, 0.25) is 0 Å². The average molecular weight is 305 g/mol. The normalized spacial score (nSPS) is 12.4. The van der Waals surface area contributed by atoms with Crippen molar-refractivity contribution < 1.29 is 27.4 Å². The van der Waals surface area contributed by atoms with Crippen LogP contribution in [0, 0.1) is 5.82 Å². The van der Waals surface area contributed by atoms with Gasteiger partial charge < -0.3 is 9.84 Å².